The van der Waals surface area contributed by atoms with E-state index >= 15 is 0 Å². The quantitative estimate of drug-likeness (QED) is 0.659. The van der Waals surface area contributed by atoms with Crippen molar-refractivity contribution < 1.29 is 13.2 Å². The number of aliphatic imine (C=N–C) groups is 1. The molecule has 2 saturated heterocycles. The summed E-state index contributed by atoms with van der Waals surface area (Å²) in [6.07, 6.45) is 1.52. The van der Waals surface area contributed by atoms with Gasteiger partial charge in [-0.15, -0.1) is 0 Å². The van der Waals surface area contributed by atoms with Crippen molar-refractivity contribution in [1.82, 2.24) is 0 Å². The van der Waals surface area contributed by atoms with Crippen molar-refractivity contribution in [3.8, 4) is 0 Å². The van der Waals surface area contributed by atoms with E-state index in [9.17, 15) is 13.2 Å². The van der Waals surface area contributed by atoms with Crippen molar-refractivity contribution in [1.29, 1.82) is 0 Å². The van der Waals surface area contributed by atoms with Crippen LogP contribution in [-0.2, 0) is 14.6 Å². The van der Waals surface area contributed by atoms with E-state index in [2.05, 4.69) is 20.9 Å². The Labute approximate surface area is 174 Å². The van der Waals surface area contributed by atoms with E-state index in [1.165, 1.54) is 11.8 Å². The molecule has 2 fully saturated rings. The third-order valence-electron chi connectivity index (χ3n) is 5.30. The first-order chi connectivity index (χ1) is 12.7. The number of sulfone groups is 1. The second kappa shape index (κ2) is 7.87. The summed E-state index contributed by atoms with van der Waals surface area (Å²) in [4.78, 5) is 19.1. The Hall–Kier alpha value is -0.860. The molecule has 2 aliphatic heterocycles. The third kappa shape index (κ3) is 4.12. The summed E-state index contributed by atoms with van der Waals surface area (Å²) in [7, 11) is -3.07. The lowest BCUT2D eigenvalue weighted by Gasteiger charge is -2.28. The molecule has 1 aromatic rings. The molecule has 5 nitrogen and oxygen atoms in total. The highest BCUT2D eigenvalue weighted by Gasteiger charge is 2.50. The van der Waals surface area contributed by atoms with E-state index in [1.807, 2.05) is 44.7 Å². The van der Waals surface area contributed by atoms with Crippen molar-refractivity contribution >= 4 is 54.3 Å². The van der Waals surface area contributed by atoms with Gasteiger partial charge in [0.25, 0.3) is 5.91 Å². The molecule has 0 bridgehead atoms. The van der Waals surface area contributed by atoms with Gasteiger partial charge in [-0.3, -0.25) is 4.79 Å². The van der Waals surface area contributed by atoms with Gasteiger partial charge in [0.05, 0.1) is 17.5 Å². The highest BCUT2D eigenvalue weighted by atomic mass is 79.9. The number of fused-ring (bicyclic) bond motifs is 1. The maximum Gasteiger partial charge on any atom is 0.251 e. The highest BCUT2D eigenvalue weighted by Crippen LogP contribution is 2.43. The first kappa shape index (κ1) is 20.9. The fraction of sp³-hybridized carbons (Fsp3) is 0.579. The Morgan fingerprint density at radius 2 is 1.85 bits per heavy atom. The highest BCUT2D eigenvalue weighted by molar-refractivity contribution is 9.10. The minimum Gasteiger partial charge on any atom is -0.315 e. The minimum absolute atomic E-state index is 0.0781. The fourth-order valence-corrected chi connectivity index (χ4v) is 8.52. The normalized spacial score (nSPS) is 25.4. The molecule has 148 valence electrons. The number of carbonyl (C=O) groups is 1. The molecule has 2 unspecified atom stereocenters. The van der Waals surface area contributed by atoms with Gasteiger partial charge in [0.2, 0.25) is 0 Å². The number of anilines is 1. The van der Waals surface area contributed by atoms with Gasteiger partial charge in [0.1, 0.15) is 0 Å². The molecule has 2 atom stereocenters. The van der Waals surface area contributed by atoms with E-state index < -0.39 is 9.84 Å². The van der Waals surface area contributed by atoms with Crippen LogP contribution < -0.4 is 4.90 Å². The second-order valence-electron chi connectivity index (χ2n) is 7.30. The smallest absolute Gasteiger partial charge is 0.251 e. The number of rotatable bonds is 4. The molecule has 0 aromatic heterocycles. The van der Waals surface area contributed by atoms with E-state index in [0.29, 0.717) is 5.17 Å². The lowest BCUT2D eigenvalue weighted by Crippen LogP contribution is -2.38. The molecule has 0 aliphatic carbocycles. The molecule has 27 heavy (non-hydrogen) atoms. The summed E-state index contributed by atoms with van der Waals surface area (Å²) in [5.74, 6) is 0.0580. The zero-order valence-electron chi connectivity index (χ0n) is 16.0. The number of hydrogen-bond donors (Lipinski definition) is 0. The van der Waals surface area contributed by atoms with Crippen molar-refractivity contribution in [3.05, 3.63) is 27.7 Å². The molecule has 3 rings (SSSR count). The topological polar surface area (TPSA) is 66.8 Å². The van der Waals surface area contributed by atoms with Crippen LogP contribution in [0.5, 0.6) is 0 Å². The maximum atomic E-state index is 12.7. The Morgan fingerprint density at radius 3 is 2.41 bits per heavy atom. The van der Waals surface area contributed by atoms with Crippen LogP contribution in [0.2, 0.25) is 0 Å². The summed E-state index contributed by atoms with van der Waals surface area (Å²) < 4.78 is 25.4. The first-order valence-electron chi connectivity index (χ1n) is 9.22. The fourth-order valence-electron chi connectivity index (χ4n) is 3.93. The number of nitrogens with zero attached hydrogens (tertiary/aromatic N) is 2. The molecule has 2 aliphatic rings. The molecule has 0 radical (unpaired) electrons. The van der Waals surface area contributed by atoms with Gasteiger partial charge in [0.15, 0.2) is 15.0 Å². The second-order valence-corrected chi connectivity index (χ2v) is 11.6. The van der Waals surface area contributed by atoms with Crippen molar-refractivity contribution in [2.45, 2.75) is 51.8 Å². The van der Waals surface area contributed by atoms with Crippen LogP contribution in [0, 0.1) is 19.8 Å². The number of aryl methyl sites for hydroxylation is 2. The number of hydrogen-bond acceptors (Lipinski definition) is 4. The Kier molecular flexibility index (Phi) is 6.08. The zero-order chi connectivity index (χ0) is 19.9. The van der Waals surface area contributed by atoms with Gasteiger partial charge in [-0.25, -0.2) is 8.42 Å². The molecule has 8 heteroatoms. The minimum atomic E-state index is -3.07. The predicted octanol–water partition coefficient (Wildman–Crippen LogP) is 4.10. The van der Waals surface area contributed by atoms with E-state index in [0.717, 1.165) is 34.1 Å². The van der Waals surface area contributed by atoms with Crippen LogP contribution in [0.1, 0.15) is 37.8 Å². The number of carbonyl (C=O) groups excluding carboxylic acids is 1. The summed E-state index contributed by atoms with van der Waals surface area (Å²) in [6, 6.07) is 3.86. The lowest BCUT2D eigenvalue weighted by atomic mass is 10.0. The Bertz CT molecular complexity index is 871. The number of amidine groups is 1. The Morgan fingerprint density at radius 1 is 1.26 bits per heavy atom. The summed E-state index contributed by atoms with van der Waals surface area (Å²) >= 11 is 4.96. The van der Waals surface area contributed by atoms with Gasteiger partial charge in [-0.05, 0) is 49.9 Å². The van der Waals surface area contributed by atoms with Crippen molar-refractivity contribution in [3.63, 3.8) is 0 Å². The largest absolute Gasteiger partial charge is 0.315 e. The molecular formula is C19H25BrN2O3S2. The van der Waals surface area contributed by atoms with Gasteiger partial charge in [-0.1, -0.05) is 41.5 Å². The molecule has 1 aromatic carbocycles. The maximum absolute atomic E-state index is 12.7. The van der Waals surface area contributed by atoms with Crippen LogP contribution in [0.3, 0.4) is 0 Å². The third-order valence-corrected chi connectivity index (χ3v) is 8.97. The summed E-state index contributed by atoms with van der Waals surface area (Å²) in [5.41, 5.74) is 3.04. The molecular weight excluding hydrogens is 448 g/mol. The van der Waals surface area contributed by atoms with Gasteiger partial charge in [-0.2, -0.15) is 4.99 Å². The van der Waals surface area contributed by atoms with Crippen molar-refractivity contribution in [2.75, 3.05) is 16.4 Å². The average Bonchev–Trinajstić information content (AvgIpc) is 3.00. The molecule has 0 saturated carbocycles. The number of halogens is 1. The monoisotopic (exact) mass is 472 g/mol. The predicted molar refractivity (Wildman–Crippen MR) is 116 cm³/mol. The molecule has 0 spiro atoms. The van der Waals surface area contributed by atoms with E-state index in [-0.39, 0.29) is 34.6 Å². The van der Waals surface area contributed by atoms with Gasteiger partial charge >= 0.3 is 0 Å². The molecule has 1 amide bonds. The van der Waals surface area contributed by atoms with Crippen LogP contribution in [0.4, 0.5) is 5.69 Å². The van der Waals surface area contributed by atoms with E-state index in [4.69, 9.17) is 0 Å². The number of benzene rings is 1. The van der Waals surface area contributed by atoms with Crippen LogP contribution in [-0.4, -0.2) is 42.3 Å². The lowest BCUT2D eigenvalue weighted by molar-refractivity contribution is -0.121. The van der Waals surface area contributed by atoms with E-state index in [1.54, 1.807) is 0 Å². The van der Waals surface area contributed by atoms with Gasteiger partial charge < -0.3 is 4.90 Å². The number of amides is 1. The van der Waals surface area contributed by atoms with Crippen LogP contribution in [0.15, 0.2) is 21.6 Å². The standard InChI is InChI=1S/C19H25BrN2O3S2/c1-5-13(6-2)18(23)21-19-22(15-9-27(24,25)10-16(15)26-19)17-11(3)7-14(20)8-12(17)4/h7-8,13,15-16H,5-6,9-10H2,1-4H3. The van der Waals surface area contributed by atoms with Crippen molar-refractivity contribution in [2.24, 2.45) is 10.9 Å². The van der Waals surface area contributed by atoms with Crippen LogP contribution in [0.25, 0.3) is 0 Å². The van der Waals surface area contributed by atoms with Crippen LogP contribution >= 0.6 is 27.7 Å². The SMILES string of the molecule is CCC(CC)C(=O)N=C1SC2CS(=O)(=O)CC2N1c1c(C)cc(Br)cc1C. The molecule has 0 N–H and O–H groups in total. The van der Waals surface area contributed by atoms with Gasteiger partial charge in [0, 0.05) is 21.3 Å². The zero-order valence-corrected chi connectivity index (χ0v) is 19.2. The first-order valence-corrected chi connectivity index (χ1v) is 12.7. The average molecular weight is 473 g/mol. The Balaban J connectivity index is 2.08. The summed E-state index contributed by atoms with van der Waals surface area (Å²) in [5, 5.41) is 0.566. The molecule has 2 heterocycles. The summed E-state index contributed by atoms with van der Waals surface area (Å²) in [6.45, 7) is 8.01. The number of thioether (sulfide) groups is 1.